The zero-order valence-electron chi connectivity index (χ0n) is 17.3. The van der Waals surface area contributed by atoms with E-state index in [1.807, 2.05) is 44.3 Å². The number of hydrogen-bond acceptors (Lipinski definition) is 4. The summed E-state index contributed by atoms with van der Waals surface area (Å²) < 4.78 is 6.17. The van der Waals surface area contributed by atoms with Crippen LogP contribution in [0.2, 0.25) is 0 Å². The van der Waals surface area contributed by atoms with Gasteiger partial charge < -0.3 is 4.42 Å². The van der Waals surface area contributed by atoms with E-state index in [0.717, 1.165) is 61.0 Å². The summed E-state index contributed by atoms with van der Waals surface area (Å²) in [6.07, 6.45) is 1.85. The van der Waals surface area contributed by atoms with E-state index in [4.69, 9.17) is 4.42 Å². The minimum Gasteiger partial charge on any atom is -0.437 e. The van der Waals surface area contributed by atoms with E-state index in [9.17, 15) is 0 Å². The van der Waals surface area contributed by atoms with Gasteiger partial charge in [0.2, 0.25) is 5.71 Å². The Kier molecular flexibility index (Phi) is 3.87. The summed E-state index contributed by atoms with van der Waals surface area (Å²) in [7, 11) is 0. The number of furan rings is 1. The molecule has 6 rings (SSSR count). The van der Waals surface area contributed by atoms with Crippen molar-refractivity contribution in [1.29, 1.82) is 0 Å². The Labute approximate surface area is 179 Å². The van der Waals surface area contributed by atoms with Crippen molar-refractivity contribution < 1.29 is 4.42 Å². The van der Waals surface area contributed by atoms with Gasteiger partial charge in [0.15, 0.2) is 0 Å². The highest BCUT2D eigenvalue weighted by molar-refractivity contribution is 6.08. The molecular weight excluding hydrogens is 382 g/mol. The Hall–Kier alpha value is -4.05. The first-order valence-corrected chi connectivity index (χ1v) is 10.3. The molecular formula is C27H19N3O. The van der Waals surface area contributed by atoms with Crippen molar-refractivity contribution >= 4 is 33.0 Å². The summed E-state index contributed by atoms with van der Waals surface area (Å²) in [5, 5.41) is 3.21. The van der Waals surface area contributed by atoms with Crippen molar-refractivity contribution in [3.05, 3.63) is 90.4 Å². The maximum Gasteiger partial charge on any atom is 0.227 e. The molecule has 0 unspecified atom stereocenters. The molecule has 0 saturated carbocycles. The van der Waals surface area contributed by atoms with Crippen LogP contribution in [0.3, 0.4) is 0 Å². The number of nitrogens with zero attached hydrogens (tertiary/aromatic N) is 3. The Morgan fingerprint density at radius 1 is 0.710 bits per heavy atom. The highest BCUT2D eigenvalue weighted by Crippen LogP contribution is 2.35. The fourth-order valence-corrected chi connectivity index (χ4v) is 4.14. The third-order valence-corrected chi connectivity index (χ3v) is 5.70. The highest BCUT2D eigenvalue weighted by atomic mass is 16.3. The molecule has 0 aliphatic rings. The van der Waals surface area contributed by atoms with Gasteiger partial charge in [-0.2, -0.15) is 0 Å². The maximum absolute atomic E-state index is 6.17. The van der Waals surface area contributed by atoms with Gasteiger partial charge in [-0.3, -0.25) is 9.97 Å². The molecule has 4 aromatic heterocycles. The average Bonchev–Trinajstić information content (AvgIpc) is 3.16. The lowest BCUT2D eigenvalue weighted by Crippen LogP contribution is -1.87. The molecule has 0 fully saturated rings. The van der Waals surface area contributed by atoms with Crippen LogP contribution in [-0.2, 0) is 0 Å². The first-order valence-electron chi connectivity index (χ1n) is 10.3. The number of fused-ring (bicyclic) bond motifs is 4. The fraction of sp³-hybridized carbons (Fsp3) is 0.0741. The van der Waals surface area contributed by atoms with Gasteiger partial charge in [0.25, 0.3) is 0 Å². The Morgan fingerprint density at radius 2 is 1.55 bits per heavy atom. The molecule has 0 spiro atoms. The summed E-state index contributed by atoms with van der Waals surface area (Å²) in [5.74, 6) is 0. The second-order valence-electron chi connectivity index (χ2n) is 7.88. The number of aryl methyl sites for hydroxylation is 2. The molecule has 0 amide bonds. The number of pyridine rings is 3. The highest BCUT2D eigenvalue weighted by Gasteiger charge is 2.14. The van der Waals surface area contributed by atoms with Crippen LogP contribution in [0.25, 0.3) is 55.4 Å². The van der Waals surface area contributed by atoms with Crippen molar-refractivity contribution in [3.63, 3.8) is 0 Å². The van der Waals surface area contributed by atoms with Crippen molar-refractivity contribution in [2.45, 2.75) is 13.8 Å². The zero-order chi connectivity index (χ0) is 20.9. The van der Waals surface area contributed by atoms with E-state index >= 15 is 0 Å². The van der Waals surface area contributed by atoms with Crippen molar-refractivity contribution in [2.75, 3.05) is 0 Å². The van der Waals surface area contributed by atoms with Gasteiger partial charge in [-0.05, 0) is 73.5 Å². The molecule has 6 aromatic rings. The third-order valence-electron chi connectivity index (χ3n) is 5.70. The van der Waals surface area contributed by atoms with E-state index < -0.39 is 0 Å². The minimum atomic E-state index is 0.663. The van der Waals surface area contributed by atoms with Crippen LogP contribution in [0.15, 0.2) is 83.4 Å². The lowest BCUT2D eigenvalue weighted by molar-refractivity contribution is 0.653. The van der Waals surface area contributed by atoms with Crippen LogP contribution in [0.4, 0.5) is 0 Å². The lowest BCUT2D eigenvalue weighted by atomic mass is 10.0. The normalized spacial score (nSPS) is 11.5. The van der Waals surface area contributed by atoms with E-state index in [-0.39, 0.29) is 0 Å². The molecule has 0 bridgehead atoms. The van der Waals surface area contributed by atoms with E-state index in [1.165, 1.54) is 0 Å². The molecule has 0 saturated heterocycles. The first kappa shape index (κ1) is 17.8. The Morgan fingerprint density at radius 3 is 2.48 bits per heavy atom. The van der Waals surface area contributed by atoms with Gasteiger partial charge >= 0.3 is 0 Å². The smallest absolute Gasteiger partial charge is 0.227 e. The largest absolute Gasteiger partial charge is 0.437 e. The molecule has 0 radical (unpaired) electrons. The lowest BCUT2D eigenvalue weighted by Gasteiger charge is -2.07. The van der Waals surface area contributed by atoms with Gasteiger partial charge in [0.1, 0.15) is 5.58 Å². The number of rotatable bonds is 2. The monoisotopic (exact) mass is 401 g/mol. The average molecular weight is 401 g/mol. The quantitative estimate of drug-likeness (QED) is 0.317. The van der Waals surface area contributed by atoms with Crippen LogP contribution in [0, 0.1) is 13.8 Å². The van der Waals surface area contributed by atoms with E-state index in [2.05, 4.69) is 63.5 Å². The van der Waals surface area contributed by atoms with Crippen molar-refractivity contribution in [1.82, 2.24) is 15.0 Å². The summed E-state index contributed by atoms with van der Waals surface area (Å²) in [6, 6.07) is 24.9. The van der Waals surface area contributed by atoms with Crippen LogP contribution in [0.5, 0.6) is 0 Å². The summed E-state index contributed by atoms with van der Waals surface area (Å²) in [4.78, 5) is 13.8. The van der Waals surface area contributed by atoms with Crippen LogP contribution < -0.4 is 0 Å². The van der Waals surface area contributed by atoms with Crippen LogP contribution in [0.1, 0.15) is 11.4 Å². The van der Waals surface area contributed by atoms with Crippen LogP contribution in [-0.4, -0.2) is 15.0 Å². The molecule has 4 nitrogen and oxygen atoms in total. The standard InChI is InChI=1S/C27H19N3O/c1-16-6-8-20-14-18(9-11-24(20)29-16)19-12-13-28-25(15-19)23-5-3-4-21-22-10-7-17(2)30-27(22)31-26(21)23/h3-15H,1-2H3. The minimum absolute atomic E-state index is 0.663. The topological polar surface area (TPSA) is 51.8 Å². The Bertz CT molecular complexity index is 1610. The van der Waals surface area contributed by atoms with Crippen LogP contribution >= 0.6 is 0 Å². The third kappa shape index (κ3) is 2.96. The summed E-state index contributed by atoms with van der Waals surface area (Å²) >= 11 is 0. The number of hydrogen-bond donors (Lipinski definition) is 0. The second kappa shape index (κ2) is 6.74. The van der Waals surface area contributed by atoms with Gasteiger partial charge in [-0.25, -0.2) is 4.98 Å². The molecule has 148 valence electrons. The van der Waals surface area contributed by atoms with Gasteiger partial charge in [0, 0.05) is 39.3 Å². The molecule has 0 aliphatic carbocycles. The predicted octanol–water partition coefficient (Wildman–Crippen LogP) is 6.88. The first-order chi connectivity index (χ1) is 15.2. The predicted molar refractivity (Wildman–Crippen MR) is 125 cm³/mol. The van der Waals surface area contributed by atoms with Gasteiger partial charge in [0.05, 0.1) is 11.2 Å². The molecule has 0 atom stereocenters. The SMILES string of the molecule is Cc1ccc2cc(-c3ccnc(-c4cccc5c4oc4nc(C)ccc45)c3)ccc2n1. The van der Waals surface area contributed by atoms with E-state index in [1.54, 1.807) is 0 Å². The molecule has 4 heteroatoms. The number of para-hydroxylation sites is 1. The summed E-state index contributed by atoms with van der Waals surface area (Å²) in [6.45, 7) is 3.98. The molecule has 0 aliphatic heterocycles. The molecule has 4 heterocycles. The number of aromatic nitrogens is 3. The fourth-order valence-electron chi connectivity index (χ4n) is 4.14. The molecule has 2 aromatic carbocycles. The van der Waals surface area contributed by atoms with Gasteiger partial charge in [-0.15, -0.1) is 0 Å². The number of benzene rings is 2. The summed E-state index contributed by atoms with van der Waals surface area (Å²) in [5.41, 5.74) is 8.53. The second-order valence-corrected chi connectivity index (χ2v) is 7.88. The Balaban J connectivity index is 1.51. The molecule has 31 heavy (non-hydrogen) atoms. The zero-order valence-corrected chi connectivity index (χ0v) is 17.3. The molecule has 0 N–H and O–H groups in total. The maximum atomic E-state index is 6.17. The van der Waals surface area contributed by atoms with E-state index in [0.29, 0.717) is 5.71 Å². The van der Waals surface area contributed by atoms with Gasteiger partial charge in [-0.1, -0.05) is 24.3 Å². The van der Waals surface area contributed by atoms with Crippen molar-refractivity contribution in [2.24, 2.45) is 0 Å². The van der Waals surface area contributed by atoms with Crippen molar-refractivity contribution in [3.8, 4) is 22.4 Å².